The molecule has 19 heavy (non-hydrogen) atoms. The van der Waals surface area contributed by atoms with E-state index < -0.39 is 0 Å². The highest BCUT2D eigenvalue weighted by Gasteiger charge is 2.16. The van der Waals surface area contributed by atoms with E-state index in [0.717, 1.165) is 5.69 Å². The van der Waals surface area contributed by atoms with E-state index in [1.807, 2.05) is 19.1 Å². The number of benzene rings is 1. The number of carbonyl (C=O) groups excluding carboxylic acids is 2. The average Bonchev–Trinajstić information content (AvgIpc) is 2.44. The van der Waals surface area contributed by atoms with Gasteiger partial charge in [-0.2, -0.15) is 0 Å². The molecule has 0 spiro atoms. The number of hydrogen-bond donors (Lipinski definition) is 2. The molecule has 0 heterocycles. The minimum atomic E-state index is -0.387. The van der Waals surface area contributed by atoms with Crippen molar-refractivity contribution >= 4 is 23.3 Å². The summed E-state index contributed by atoms with van der Waals surface area (Å²) in [7, 11) is 1.37. The van der Waals surface area contributed by atoms with Crippen molar-refractivity contribution in [1.29, 1.82) is 0 Å². The number of amides is 1. The molecule has 0 radical (unpaired) electrons. The summed E-state index contributed by atoms with van der Waals surface area (Å²) in [6.45, 7) is 3.69. The van der Waals surface area contributed by atoms with Crippen LogP contribution in [-0.4, -0.2) is 25.0 Å². The normalized spacial score (nSPS) is 11.5. The standard InChI is InChI=1S/C14H20N2O3/c1-4-12(14(18)19-3)15-10-7-6-8-11(9-10)16-13(17)5-2/h6-9,12,15H,4-5H2,1-3H3,(H,16,17). The minimum absolute atomic E-state index is 0.0443. The summed E-state index contributed by atoms with van der Waals surface area (Å²) in [6.07, 6.45) is 1.05. The van der Waals surface area contributed by atoms with Crippen LogP contribution in [-0.2, 0) is 14.3 Å². The summed E-state index contributed by atoms with van der Waals surface area (Å²) in [6, 6.07) is 6.86. The molecule has 0 saturated heterocycles. The van der Waals surface area contributed by atoms with Gasteiger partial charge in [0.2, 0.25) is 5.91 Å². The molecule has 1 rings (SSSR count). The molecule has 0 aromatic heterocycles. The summed E-state index contributed by atoms with van der Waals surface area (Å²) < 4.78 is 4.72. The van der Waals surface area contributed by atoms with Gasteiger partial charge in [-0.3, -0.25) is 4.79 Å². The molecular formula is C14H20N2O3. The van der Waals surface area contributed by atoms with Crippen LogP contribution in [0.4, 0.5) is 11.4 Å². The lowest BCUT2D eigenvalue weighted by Crippen LogP contribution is -2.29. The molecule has 1 aromatic rings. The van der Waals surface area contributed by atoms with Crippen LogP contribution in [0.1, 0.15) is 26.7 Å². The Morgan fingerprint density at radius 3 is 2.53 bits per heavy atom. The number of carbonyl (C=O) groups is 2. The van der Waals surface area contributed by atoms with Gasteiger partial charge in [-0.15, -0.1) is 0 Å². The maximum absolute atomic E-state index is 11.5. The quantitative estimate of drug-likeness (QED) is 0.774. The highest BCUT2D eigenvalue weighted by Crippen LogP contribution is 2.17. The van der Waals surface area contributed by atoms with Crippen molar-refractivity contribution < 1.29 is 14.3 Å². The molecule has 0 bridgehead atoms. The lowest BCUT2D eigenvalue weighted by atomic mass is 10.2. The Morgan fingerprint density at radius 2 is 1.95 bits per heavy atom. The Kier molecular flexibility index (Phi) is 5.85. The Bertz CT molecular complexity index is 446. The Balaban J connectivity index is 2.75. The number of ether oxygens (including phenoxy) is 1. The van der Waals surface area contributed by atoms with Gasteiger partial charge in [-0.1, -0.05) is 19.9 Å². The van der Waals surface area contributed by atoms with E-state index in [9.17, 15) is 9.59 Å². The fourth-order valence-electron chi connectivity index (χ4n) is 1.61. The first kappa shape index (κ1) is 15.0. The molecule has 5 nitrogen and oxygen atoms in total. The van der Waals surface area contributed by atoms with E-state index in [2.05, 4.69) is 10.6 Å². The SMILES string of the molecule is CCC(=O)Nc1cccc(NC(CC)C(=O)OC)c1. The van der Waals surface area contributed by atoms with Crippen LogP contribution in [0.5, 0.6) is 0 Å². The Labute approximate surface area is 113 Å². The predicted octanol–water partition coefficient (Wildman–Crippen LogP) is 2.40. The van der Waals surface area contributed by atoms with E-state index >= 15 is 0 Å². The zero-order chi connectivity index (χ0) is 14.3. The largest absolute Gasteiger partial charge is 0.467 e. The van der Waals surface area contributed by atoms with E-state index in [0.29, 0.717) is 18.5 Å². The van der Waals surface area contributed by atoms with Gasteiger partial charge < -0.3 is 15.4 Å². The van der Waals surface area contributed by atoms with Gasteiger partial charge in [0.25, 0.3) is 0 Å². The van der Waals surface area contributed by atoms with E-state index in [1.165, 1.54) is 7.11 Å². The molecule has 0 aliphatic heterocycles. The van der Waals surface area contributed by atoms with Crippen molar-refractivity contribution in [2.24, 2.45) is 0 Å². The third kappa shape index (κ3) is 4.62. The molecule has 0 aliphatic rings. The minimum Gasteiger partial charge on any atom is -0.467 e. The first-order chi connectivity index (χ1) is 9.10. The van der Waals surface area contributed by atoms with Crippen LogP contribution in [0.3, 0.4) is 0 Å². The number of nitrogens with one attached hydrogen (secondary N) is 2. The van der Waals surface area contributed by atoms with Crippen LogP contribution in [0.2, 0.25) is 0 Å². The van der Waals surface area contributed by atoms with Gasteiger partial charge in [-0.05, 0) is 24.6 Å². The maximum atomic E-state index is 11.5. The van der Waals surface area contributed by atoms with Crippen molar-refractivity contribution in [2.45, 2.75) is 32.7 Å². The average molecular weight is 264 g/mol. The number of anilines is 2. The maximum Gasteiger partial charge on any atom is 0.328 e. The molecule has 1 amide bonds. The van der Waals surface area contributed by atoms with Crippen LogP contribution in [0.25, 0.3) is 0 Å². The smallest absolute Gasteiger partial charge is 0.328 e. The van der Waals surface area contributed by atoms with Crippen LogP contribution in [0.15, 0.2) is 24.3 Å². The van der Waals surface area contributed by atoms with E-state index in [1.54, 1.807) is 19.1 Å². The van der Waals surface area contributed by atoms with Gasteiger partial charge in [0.1, 0.15) is 6.04 Å². The van der Waals surface area contributed by atoms with Gasteiger partial charge >= 0.3 is 5.97 Å². The number of rotatable bonds is 6. The van der Waals surface area contributed by atoms with Gasteiger partial charge in [0.05, 0.1) is 7.11 Å². The highest BCUT2D eigenvalue weighted by molar-refractivity contribution is 5.91. The zero-order valence-electron chi connectivity index (χ0n) is 11.5. The molecule has 0 aliphatic carbocycles. The molecule has 104 valence electrons. The van der Waals surface area contributed by atoms with Crippen molar-refractivity contribution in [1.82, 2.24) is 0 Å². The molecule has 1 atom stereocenters. The fourth-order valence-corrected chi connectivity index (χ4v) is 1.61. The van der Waals surface area contributed by atoms with Gasteiger partial charge in [0.15, 0.2) is 0 Å². The fraction of sp³-hybridized carbons (Fsp3) is 0.429. The van der Waals surface area contributed by atoms with E-state index in [-0.39, 0.29) is 17.9 Å². The number of hydrogen-bond acceptors (Lipinski definition) is 4. The zero-order valence-corrected chi connectivity index (χ0v) is 11.5. The van der Waals surface area contributed by atoms with Crippen LogP contribution in [0, 0.1) is 0 Å². The first-order valence-corrected chi connectivity index (χ1v) is 6.35. The summed E-state index contributed by atoms with van der Waals surface area (Å²) in [5.74, 6) is -0.345. The second-order valence-electron chi connectivity index (χ2n) is 4.11. The third-order valence-corrected chi connectivity index (χ3v) is 2.70. The molecule has 1 unspecified atom stereocenters. The molecule has 0 saturated carbocycles. The van der Waals surface area contributed by atoms with Crippen molar-refractivity contribution in [2.75, 3.05) is 17.7 Å². The lowest BCUT2D eigenvalue weighted by Gasteiger charge is -2.16. The van der Waals surface area contributed by atoms with Crippen molar-refractivity contribution in [3.8, 4) is 0 Å². The number of esters is 1. The molecule has 1 aromatic carbocycles. The lowest BCUT2D eigenvalue weighted by molar-refractivity contribution is -0.141. The second kappa shape index (κ2) is 7.41. The first-order valence-electron chi connectivity index (χ1n) is 6.35. The number of methoxy groups -OCH3 is 1. The van der Waals surface area contributed by atoms with Crippen LogP contribution < -0.4 is 10.6 Å². The predicted molar refractivity (Wildman–Crippen MR) is 75.1 cm³/mol. The van der Waals surface area contributed by atoms with Crippen LogP contribution >= 0.6 is 0 Å². The summed E-state index contributed by atoms with van der Waals surface area (Å²) in [5.41, 5.74) is 1.47. The monoisotopic (exact) mass is 264 g/mol. The summed E-state index contributed by atoms with van der Waals surface area (Å²) in [5, 5.41) is 5.86. The van der Waals surface area contributed by atoms with Gasteiger partial charge in [0, 0.05) is 17.8 Å². The topological polar surface area (TPSA) is 67.4 Å². The third-order valence-electron chi connectivity index (χ3n) is 2.70. The van der Waals surface area contributed by atoms with Gasteiger partial charge in [-0.25, -0.2) is 4.79 Å². The Hall–Kier alpha value is -2.04. The highest BCUT2D eigenvalue weighted by atomic mass is 16.5. The molecule has 5 heteroatoms. The Morgan fingerprint density at radius 1 is 1.26 bits per heavy atom. The molecular weight excluding hydrogens is 244 g/mol. The van der Waals surface area contributed by atoms with Crippen molar-refractivity contribution in [3.63, 3.8) is 0 Å². The molecule has 0 fully saturated rings. The van der Waals surface area contributed by atoms with Crippen molar-refractivity contribution in [3.05, 3.63) is 24.3 Å². The second-order valence-corrected chi connectivity index (χ2v) is 4.11. The van der Waals surface area contributed by atoms with E-state index in [4.69, 9.17) is 4.74 Å². The summed E-state index contributed by atoms with van der Waals surface area (Å²) in [4.78, 5) is 22.8. The summed E-state index contributed by atoms with van der Waals surface area (Å²) >= 11 is 0. The molecule has 2 N–H and O–H groups in total.